The van der Waals surface area contributed by atoms with Crippen molar-refractivity contribution < 1.29 is 4.39 Å². The van der Waals surface area contributed by atoms with E-state index in [2.05, 4.69) is 55.4 Å². The van der Waals surface area contributed by atoms with Crippen LogP contribution in [0.3, 0.4) is 0 Å². The maximum absolute atomic E-state index is 13.6. The number of hydrogen-bond acceptors (Lipinski definition) is 1. The Labute approximate surface area is 142 Å². The Kier molecular flexibility index (Phi) is 6.40. The van der Waals surface area contributed by atoms with Crippen molar-refractivity contribution >= 4 is 31.9 Å². The highest BCUT2D eigenvalue weighted by Gasteiger charge is 2.14. The molecule has 0 saturated carbocycles. The van der Waals surface area contributed by atoms with Crippen LogP contribution in [0.15, 0.2) is 51.4 Å². The first-order chi connectivity index (χ1) is 10.1. The van der Waals surface area contributed by atoms with Gasteiger partial charge in [-0.05, 0) is 71.5 Å². The normalized spacial score (nSPS) is 12.4. The molecule has 2 aromatic rings. The largest absolute Gasteiger partial charge is 0.319 e. The summed E-state index contributed by atoms with van der Waals surface area (Å²) >= 11 is 6.95. The lowest BCUT2D eigenvalue weighted by molar-refractivity contribution is 0.489. The van der Waals surface area contributed by atoms with Gasteiger partial charge in [0.05, 0.1) is 4.47 Å². The van der Waals surface area contributed by atoms with Crippen LogP contribution in [0.2, 0.25) is 0 Å². The first-order valence-corrected chi connectivity index (χ1v) is 8.51. The summed E-state index contributed by atoms with van der Waals surface area (Å²) in [7, 11) is 1.95. The van der Waals surface area contributed by atoms with Crippen molar-refractivity contribution in [3.05, 3.63) is 68.4 Å². The molecule has 21 heavy (non-hydrogen) atoms. The molecule has 2 rings (SSSR count). The molecule has 0 saturated heterocycles. The summed E-state index contributed by atoms with van der Waals surface area (Å²) in [6.07, 6.45) is 1.78. The molecule has 0 amide bonds. The van der Waals surface area contributed by atoms with E-state index >= 15 is 0 Å². The Balaban J connectivity index is 2.16. The zero-order valence-corrected chi connectivity index (χ0v) is 15.0. The first kappa shape index (κ1) is 16.7. The van der Waals surface area contributed by atoms with Crippen molar-refractivity contribution in [1.82, 2.24) is 5.32 Å². The lowest BCUT2D eigenvalue weighted by atomic mass is 9.92. The van der Waals surface area contributed by atoms with Gasteiger partial charge in [0.2, 0.25) is 0 Å². The highest BCUT2D eigenvalue weighted by atomic mass is 79.9. The molecule has 0 bridgehead atoms. The summed E-state index contributed by atoms with van der Waals surface area (Å²) in [4.78, 5) is 0. The zero-order valence-electron chi connectivity index (χ0n) is 11.9. The Morgan fingerprint density at radius 3 is 2.38 bits per heavy atom. The Morgan fingerprint density at radius 1 is 1.00 bits per heavy atom. The van der Waals surface area contributed by atoms with Crippen LogP contribution in [0, 0.1) is 11.7 Å². The average Bonchev–Trinajstić information content (AvgIpc) is 2.46. The van der Waals surface area contributed by atoms with Crippen LogP contribution in [-0.4, -0.2) is 13.6 Å². The summed E-state index contributed by atoms with van der Waals surface area (Å²) in [6.45, 7) is 0.893. The molecule has 0 aromatic heterocycles. The Morgan fingerprint density at radius 2 is 1.67 bits per heavy atom. The molecule has 1 N–H and O–H groups in total. The second-order valence-electron chi connectivity index (χ2n) is 5.14. The van der Waals surface area contributed by atoms with E-state index in [0.717, 1.165) is 29.4 Å². The van der Waals surface area contributed by atoms with Crippen LogP contribution < -0.4 is 5.32 Å². The third-order valence-corrected chi connectivity index (χ3v) is 5.16. The molecule has 0 spiro atoms. The van der Waals surface area contributed by atoms with Crippen molar-refractivity contribution in [2.24, 2.45) is 5.92 Å². The second kappa shape index (κ2) is 8.06. The first-order valence-electron chi connectivity index (χ1n) is 6.92. The Bertz CT molecular complexity index is 601. The number of benzene rings is 2. The van der Waals surface area contributed by atoms with Gasteiger partial charge in [-0.25, -0.2) is 4.39 Å². The van der Waals surface area contributed by atoms with E-state index in [9.17, 15) is 4.39 Å². The molecule has 1 nitrogen and oxygen atoms in total. The second-order valence-corrected chi connectivity index (χ2v) is 6.78. The van der Waals surface area contributed by atoms with E-state index < -0.39 is 0 Å². The lowest BCUT2D eigenvalue weighted by Gasteiger charge is -2.18. The van der Waals surface area contributed by atoms with Crippen molar-refractivity contribution in [3.8, 4) is 0 Å². The van der Waals surface area contributed by atoms with Gasteiger partial charge in [0, 0.05) is 4.47 Å². The number of halogens is 3. The van der Waals surface area contributed by atoms with E-state index in [1.54, 1.807) is 6.07 Å². The maximum atomic E-state index is 13.6. The summed E-state index contributed by atoms with van der Waals surface area (Å²) in [6, 6.07) is 13.5. The Hall–Kier alpha value is -0.710. The van der Waals surface area contributed by atoms with Gasteiger partial charge < -0.3 is 5.32 Å². The minimum atomic E-state index is -0.198. The van der Waals surface area contributed by atoms with Crippen LogP contribution in [-0.2, 0) is 12.8 Å². The van der Waals surface area contributed by atoms with Crippen LogP contribution in [0.4, 0.5) is 4.39 Å². The lowest BCUT2D eigenvalue weighted by Crippen LogP contribution is -2.23. The van der Waals surface area contributed by atoms with Gasteiger partial charge in [-0.2, -0.15) is 0 Å². The molecule has 0 aliphatic heterocycles. The van der Waals surface area contributed by atoms with E-state index in [1.807, 2.05) is 19.2 Å². The fraction of sp³-hybridized carbons (Fsp3) is 0.294. The van der Waals surface area contributed by atoms with Crippen LogP contribution in [0.1, 0.15) is 11.1 Å². The van der Waals surface area contributed by atoms with Gasteiger partial charge >= 0.3 is 0 Å². The molecule has 0 aliphatic rings. The molecule has 112 valence electrons. The zero-order chi connectivity index (χ0) is 15.2. The molecule has 0 aliphatic carbocycles. The van der Waals surface area contributed by atoms with Crippen molar-refractivity contribution in [1.29, 1.82) is 0 Å². The van der Waals surface area contributed by atoms with Gasteiger partial charge in [0.15, 0.2) is 0 Å². The summed E-state index contributed by atoms with van der Waals surface area (Å²) < 4.78 is 15.3. The molecule has 0 heterocycles. The van der Waals surface area contributed by atoms with E-state index in [-0.39, 0.29) is 5.82 Å². The molecule has 2 aromatic carbocycles. The fourth-order valence-electron chi connectivity index (χ4n) is 2.50. The summed E-state index contributed by atoms with van der Waals surface area (Å²) in [5.74, 6) is 0.211. The van der Waals surface area contributed by atoms with Crippen molar-refractivity contribution in [2.75, 3.05) is 13.6 Å². The van der Waals surface area contributed by atoms with Gasteiger partial charge in [-0.3, -0.25) is 0 Å². The standard InChI is InChI=1S/C17H18Br2FN/c1-21-11-12(9-13-5-2-3-7-15(13)18)10-14-6-4-8-16(20)17(14)19/h2-8,12,21H,9-11H2,1H3. The van der Waals surface area contributed by atoms with Crippen molar-refractivity contribution in [2.45, 2.75) is 12.8 Å². The fourth-order valence-corrected chi connectivity index (χ4v) is 3.37. The number of rotatable bonds is 6. The highest BCUT2D eigenvalue weighted by molar-refractivity contribution is 9.10. The maximum Gasteiger partial charge on any atom is 0.137 e. The SMILES string of the molecule is CNCC(Cc1ccccc1Br)Cc1cccc(F)c1Br. The smallest absolute Gasteiger partial charge is 0.137 e. The van der Waals surface area contributed by atoms with Gasteiger partial charge in [0.1, 0.15) is 5.82 Å². The van der Waals surface area contributed by atoms with Gasteiger partial charge in [-0.1, -0.05) is 46.3 Å². The van der Waals surface area contributed by atoms with Crippen LogP contribution in [0.5, 0.6) is 0 Å². The highest BCUT2D eigenvalue weighted by Crippen LogP contribution is 2.26. The number of hydrogen-bond donors (Lipinski definition) is 1. The predicted molar refractivity (Wildman–Crippen MR) is 93.1 cm³/mol. The molecular formula is C17H18Br2FN. The monoisotopic (exact) mass is 413 g/mol. The molecule has 0 radical (unpaired) electrons. The topological polar surface area (TPSA) is 12.0 Å². The third-order valence-electron chi connectivity index (χ3n) is 3.50. The molecular weight excluding hydrogens is 397 g/mol. The minimum Gasteiger partial charge on any atom is -0.319 e. The van der Waals surface area contributed by atoms with Gasteiger partial charge in [0.25, 0.3) is 0 Å². The molecule has 0 fully saturated rings. The summed E-state index contributed by atoms with van der Waals surface area (Å²) in [5.41, 5.74) is 2.30. The molecule has 4 heteroatoms. The van der Waals surface area contributed by atoms with Gasteiger partial charge in [-0.15, -0.1) is 0 Å². The van der Waals surface area contributed by atoms with E-state index in [0.29, 0.717) is 10.4 Å². The van der Waals surface area contributed by atoms with Crippen LogP contribution in [0.25, 0.3) is 0 Å². The summed E-state index contributed by atoms with van der Waals surface area (Å²) in [5, 5.41) is 3.24. The predicted octanol–water partition coefficient (Wildman–Crippen LogP) is 4.97. The average molecular weight is 415 g/mol. The number of nitrogens with one attached hydrogen (secondary N) is 1. The van der Waals surface area contributed by atoms with E-state index in [4.69, 9.17) is 0 Å². The van der Waals surface area contributed by atoms with Crippen molar-refractivity contribution in [3.63, 3.8) is 0 Å². The quantitative estimate of drug-likeness (QED) is 0.703. The molecule has 1 atom stereocenters. The van der Waals surface area contributed by atoms with Crippen LogP contribution >= 0.6 is 31.9 Å². The minimum absolute atomic E-state index is 0.198. The third kappa shape index (κ3) is 4.63. The molecule has 1 unspecified atom stereocenters. The van der Waals surface area contributed by atoms with E-state index in [1.165, 1.54) is 11.6 Å².